The number of aliphatic hydroxyl groups is 1. The van der Waals surface area contributed by atoms with Crippen LogP contribution in [0.1, 0.15) is 86.5 Å². The predicted octanol–water partition coefficient (Wildman–Crippen LogP) is 7.33. The maximum atomic E-state index is 11.1. The molecule has 0 aromatic carbocycles. The highest BCUT2D eigenvalue weighted by molar-refractivity contribution is 5.42. The molecule has 2 saturated carbocycles. The highest BCUT2D eigenvalue weighted by Gasteiger charge is 2.62. The van der Waals surface area contributed by atoms with Crippen molar-refractivity contribution in [2.75, 3.05) is 0 Å². The first-order chi connectivity index (χ1) is 13.7. The number of aliphatic hydroxyl groups excluding tert-OH is 1. The Bertz CT molecular complexity index is 712. The van der Waals surface area contributed by atoms with Crippen LogP contribution in [-0.2, 0) is 0 Å². The third-order valence-corrected chi connectivity index (χ3v) is 9.97. The van der Waals surface area contributed by atoms with Crippen molar-refractivity contribution in [1.29, 1.82) is 0 Å². The van der Waals surface area contributed by atoms with Gasteiger partial charge in [0, 0.05) is 11.3 Å². The topological polar surface area (TPSA) is 20.2 Å². The summed E-state index contributed by atoms with van der Waals surface area (Å²) in [6.45, 7) is 14.4. The van der Waals surface area contributed by atoms with Crippen LogP contribution in [0.4, 0.5) is 0 Å². The van der Waals surface area contributed by atoms with Gasteiger partial charge in [-0.2, -0.15) is 0 Å². The second-order valence-electron chi connectivity index (χ2n) is 11.7. The second kappa shape index (κ2) is 7.70. The Hall–Kier alpha value is -0.820. The SMILES string of the molecule is CC1=C2C=C[C@]3(CCC[C@]4(C)[C@@H]([C@H](C)/C=C/[C@H](C)C(C)C)CC[C@H]43)[C@@H]2[C@@H](O)CC1. The lowest BCUT2D eigenvalue weighted by Gasteiger charge is -2.55. The van der Waals surface area contributed by atoms with Crippen molar-refractivity contribution in [2.45, 2.75) is 92.6 Å². The fourth-order valence-corrected chi connectivity index (χ4v) is 7.99. The molecule has 1 heteroatoms. The summed E-state index contributed by atoms with van der Waals surface area (Å²) in [5.41, 5.74) is 3.66. The normalized spacial score (nSPS) is 44.0. The van der Waals surface area contributed by atoms with Crippen LogP contribution >= 0.6 is 0 Å². The van der Waals surface area contributed by atoms with Crippen LogP contribution in [0, 0.1) is 46.3 Å². The highest BCUT2D eigenvalue weighted by Crippen LogP contribution is 2.69. The van der Waals surface area contributed by atoms with E-state index in [4.69, 9.17) is 0 Å². The summed E-state index contributed by atoms with van der Waals surface area (Å²) in [7, 11) is 0. The zero-order chi connectivity index (χ0) is 21.0. The van der Waals surface area contributed by atoms with Gasteiger partial charge >= 0.3 is 0 Å². The van der Waals surface area contributed by atoms with Gasteiger partial charge in [-0.15, -0.1) is 0 Å². The highest BCUT2D eigenvalue weighted by atomic mass is 16.3. The van der Waals surface area contributed by atoms with Gasteiger partial charge in [0.15, 0.2) is 0 Å². The molecule has 4 aliphatic rings. The fourth-order valence-electron chi connectivity index (χ4n) is 7.99. The number of allylic oxidation sites excluding steroid dienone is 5. The monoisotopic (exact) mass is 396 g/mol. The molecule has 1 nitrogen and oxygen atoms in total. The molecule has 0 heterocycles. The zero-order valence-corrected chi connectivity index (χ0v) is 19.7. The molecule has 0 radical (unpaired) electrons. The molecule has 0 amide bonds. The van der Waals surface area contributed by atoms with Crippen molar-refractivity contribution >= 4 is 0 Å². The summed E-state index contributed by atoms with van der Waals surface area (Å²) in [5, 5.41) is 11.1. The first-order valence-corrected chi connectivity index (χ1v) is 12.5. The minimum atomic E-state index is -0.144. The number of hydrogen-bond donors (Lipinski definition) is 1. The van der Waals surface area contributed by atoms with E-state index < -0.39 is 0 Å². The van der Waals surface area contributed by atoms with Crippen molar-refractivity contribution in [3.05, 3.63) is 35.5 Å². The second-order valence-corrected chi connectivity index (χ2v) is 11.7. The number of rotatable bonds is 4. The summed E-state index contributed by atoms with van der Waals surface area (Å²) in [6.07, 6.45) is 18.6. The maximum Gasteiger partial charge on any atom is 0.0620 e. The maximum absolute atomic E-state index is 11.1. The van der Waals surface area contributed by atoms with Gasteiger partial charge in [-0.05, 0) is 86.0 Å². The van der Waals surface area contributed by atoms with E-state index in [1.165, 1.54) is 43.3 Å². The fraction of sp³-hybridized carbons (Fsp3) is 0.786. The van der Waals surface area contributed by atoms with E-state index in [1.54, 1.807) is 0 Å². The van der Waals surface area contributed by atoms with Gasteiger partial charge in [0.2, 0.25) is 0 Å². The average molecular weight is 397 g/mol. The Morgan fingerprint density at radius 2 is 1.83 bits per heavy atom. The lowest BCUT2D eigenvalue weighted by atomic mass is 9.49. The molecule has 4 aliphatic carbocycles. The van der Waals surface area contributed by atoms with Gasteiger partial charge in [0.25, 0.3) is 0 Å². The Morgan fingerprint density at radius 3 is 2.55 bits per heavy atom. The van der Waals surface area contributed by atoms with E-state index in [-0.39, 0.29) is 11.5 Å². The number of fused-ring (bicyclic) bond motifs is 4. The van der Waals surface area contributed by atoms with Crippen LogP contribution in [0.3, 0.4) is 0 Å². The summed E-state index contributed by atoms with van der Waals surface area (Å²) in [4.78, 5) is 0. The smallest absolute Gasteiger partial charge is 0.0620 e. The van der Waals surface area contributed by atoms with Crippen LogP contribution in [0.5, 0.6) is 0 Å². The first kappa shape index (κ1) is 21.4. The van der Waals surface area contributed by atoms with Crippen molar-refractivity contribution in [1.82, 2.24) is 0 Å². The summed E-state index contributed by atoms with van der Waals surface area (Å²) in [6, 6.07) is 0. The lowest BCUT2D eigenvalue weighted by molar-refractivity contribution is -0.0569. The van der Waals surface area contributed by atoms with Gasteiger partial charge in [-0.25, -0.2) is 0 Å². The van der Waals surface area contributed by atoms with E-state index in [9.17, 15) is 5.11 Å². The standard InChI is InChI=1S/C28H44O/c1-18(2)19(3)8-9-21(5)23-11-13-25-27(23,6)15-7-16-28(25)17-14-22-20(4)10-12-24(29)26(22)28/h8-9,14,17-19,21,23-26,29H,7,10-13,15-16H2,1-6H3/b9-8+/t19-,21+,23+,24-,25+,26-,27+,28-/m0/s1. The molecule has 8 atom stereocenters. The predicted molar refractivity (Wildman–Crippen MR) is 123 cm³/mol. The minimum absolute atomic E-state index is 0.144. The van der Waals surface area contributed by atoms with Crippen molar-refractivity contribution in [3.8, 4) is 0 Å². The van der Waals surface area contributed by atoms with Gasteiger partial charge in [0.1, 0.15) is 0 Å². The van der Waals surface area contributed by atoms with E-state index in [0.29, 0.717) is 29.1 Å². The molecule has 0 bridgehead atoms. The molecule has 0 aromatic heterocycles. The molecule has 0 saturated heterocycles. The van der Waals surface area contributed by atoms with E-state index in [0.717, 1.165) is 24.7 Å². The van der Waals surface area contributed by atoms with Crippen LogP contribution < -0.4 is 0 Å². The van der Waals surface area contributed by atoms with Crippen LogP contribution in [0.15, 0.2) is 35.5 Å². The van der Waals surface area contributed by atoms with Crippen molar-refractivity contribution in [3.63, 3.8) is 0 Å². The molecular weight excluding hydrogens is 352 g/mol. The van der Waals surface area contributed by atoms with Crippen molar-refractivity contribution < 1.29 is 5.11 Å². The molecule has 29 heavy (non-hydrogen) atoms. The molecule has 0 unspecified atom stereocenters. The lowest BCUT2D eigenvalue weighted by Crippen LogP contribution is -2.50. The quantitative estimate of drug-likeness (QED) is 0.493. The van der Waals surface area contributed by atoms with Crippen LogP contribution in [0.25, 0.3) is 0 Å². The zero-order valence-electron chi connectivity index (χ0n) is 19.7. The molecule has 0 aliphatic heterocycles. The third-order valence-electron chi connectivity index (χ3n) is 9.97. The molecule has 1 N–H and O–H groups in total. The largest absolute Gasteiger partial charge is 0.392 e. The molecule has 2 fully saturated rings. The molecule has 162 valence electrons. The molecule has 1 spiro atoms. The van der Waals surface area contributed by atoms with Gasteiger partial charge in [-0.3, -0.25) is 0 Å². The van der Waals surface area contributed by atoms with E-state index in [2.05, 4.69) is 65.8 Å². The molecule has 0 aromatic rings. The van der Waals surface area contributed by atoms with Gasteiger partial charge < -0.3 is 5.11 Å². The van der Waals surface area contributed by atoms with Crippen LogP contribution in [-0.4, -0.2) is 11.2 Å². The third kappa shape index (κ3) is 3.31. The Labute approximate surface area is 179 Å². The minimum Gasteiger partial charge on any atom is -0.392 e. The summed E-state index contributed by atoms with van der Waals surface area (Å²) < 4.78 is 0. The van der Waals surface area contributed by atoms with Gasteiger partial charge in [0.05, 0.1) is 6.10 Å². The Balaban J connectivity index is 1.62. The average Bonchev–Trinajstić information content (AvgIpc) is 3.23. The summed E-state index contributed by atoms with van der Waals surface area (Å²) in [5.74, 6) is 3.90. The molecule has 4 rings (SSSR count). The van der Waals surface area contributed by atoms with E-state index in [1.807, 2.05) is 0 Å². The molecular formula is C28H44O. The van der Waals surface area contributed by atoms with Crippen LogP contribution in [0.2, 0.25) is 0 Å². The summed E-state index contributed by atoms with van der Waals surface area (Å²) >= 11 is 0. The number of hydrogen-bond acceptors (Lipinski definition) is 1. The first-order valence-electron chi connectivity index (χ1n) is 12.5. The van der Waals surface area contributed by atoms with Gasteiger partial charge in [-0.1, -0.05) is 70.9 Å². The van der Waals surface area contributed by atoms with E-state index >= 15 is 0 Å². The Kier molecular flexibility index (Phi) is 5.69. The van der Waals surface area contributed by atoms with Crippen molar-refractivity contribution in [2.24, 2.45) is 46.3 Å². The Morgan fingerprint density at radius 1 is 1.07 bits per heavy atom.